The van der Waals surface area contributed by atoms with Crippen LogP contribution in [-0.4, -0.2) is 45.4 Å². The van der Waals surface area contributed by atoms with E-state index in [1.165, 1.54) is 0 Å². The SMILES string of the molecule is COc1ccc(NS(=O)[O-])c(C)c1.[Na]. The van der Waals surface area contributed by atoms with Gasteiger partial charge in [0.25, 0.3) is 0 Å². The Hall–Kier alpha value is -0.0700. The molecule has 0 amide bonds. The van der Waals surface area contributed by atoms with Crippen molar-refractivity contribution in [2.45, 2.75) is 6.92 Å². The van der Waals surface area contributed by atoms with Gasteiger partial charge in [0.1, 0.15) is 5.75 Å². The third-order valence-electron chi connectivity index (χ3n) is 1.63. The minimum Gasteiger partial charge on any atom is -0.755 e. The van der Waals surface area contributed by atoms with Crippen LogP contribution in [0.5, 0.6) is 5.75 Å². The molecule has 4 nitrogen and oxygen atoms in total. The Morgan fingerprint density at radius 1 is 1.50 bits per heavy atom. The molecule has 1 N–H and O–H groups in total. The van der Waals surface area contributed by atoms with E-state index in [0.29, 0.717) is 11.4 Å². The Morgan fingerprint density at radius 3 is 2.57 bits per heavy atom. The summed E-state index contributed by atoms with van der Waals surface area (Å²) in [5.41, 5.74) is 1.39. The van der Waals surface area contributed by atoms with Crippen LogP contribution in [0, 0.1) is 6.92 Å². The van der Waals surface area contributed by atoms with Crippen molar-refractivity contribution in [1.29, 1.82) is 0 Å². The van der Waals surface area contributed by atoms with Gasteiger partial charge in [-0.15, -0.1) is 0 Å². The fourth-order valence-corrected chi connectivity index (χ4v) is 1.38. The van der Waals surface area contributed by atoms with Crippen molar-refractivity contribution in [2.75, 3.05) is 11.8 Å². The summed E-state index contributed by atoms with van der Waals surface area (Å²) in [4.78, 5) is 0. The normalized spacial score (nSPS) is 11.4. The van der Waals surface area contributed by atoms with E-state index < -0.39 is 11.3 Å². The molecule has 1 rings (SSSR count). The maximum absolute atomic E-state index is 10.3. The van der Waals surface area contributed by atoms with E-state index in [1.807, 2.05) is 0 Å². The molecule has 0 bridgehead atoms. The smallest absolute Gasteiger partial charge is 0.119 e. The standard InChI is InChI=1S/C8H11NO3S.Na/c1-6-5-7(12-2)3-4-8(6)9-13(10)11;/h3-5,9H,1-2H3,(H,10,11);/p-1. The molecule has 6 heteroatoms. The van der Waals surface area contributed by atoms with Gasteiger partial charge in [0.15, 0.2) is 0 Å². The number of aryl methyl sites for hydroxylation is 1. The van der Waals surface area contributed by atoms with E-state index in [9.17, 15) is 8.76 Å². The quantitative estimate of drug-likeness (QED) is 0.609. The Balaban J connectivity index is 0.00000169. The molecule has 0 aromatic heterocycles. The van der Waals surface area contributed by atoms with Crippen LogP contribution < -0.4 is 9.46 Å². The summed E-state index contributed by atoms with van der Waals surface area (Å²) in [6.45, 7) is 1.80. The number of benzene rings is 1. The number of anilines is 1. The summed E-state index contributed by atoms with van der Waals surface area (Å²) in [7, 11) is 1.56. The Morgan fingerprint density at radius 2 is 2.14 bits per heavy atom. The van der Waals surface area contributed by atoms with Crippen LogP contribution in [0.15, 0.2) is 18.2 Å². The molecule has 0 heterocycles. The molecular formula is C8H10NNaO3S-. The van der Waals surface area contributed by atoms with E-state index >= 15 is 0 Å². The maximum atomic E-state index is 10.3. The first-order chi connectivity index (χ1) is 6.13. The van der Waals surface area contributed by atoms with Gasteiger partial charge in [0.05, 0.1) is 7.11 Å². The largest absolute Gasteiger partial charge is 0.755 e. The molecule has 0 saturated heterocycles. The molecule has 73 valence electrons. The van der Waals surface area contributed by atoms with Gasteiger partial charge < -0.3 is 14.0 Å². The van der Waals surface area contributed by atoms with Crippen LogP contribution in [0.25, 0.3) is 0 Å². The Kier molecular flexibility index (Phi) is 6.39. The monoisotopic (exact) mass is 223 g/mol. The van der Waals surface area contributed by atoms with Crippen molar-refractivity contribution in [3.8, 4) is 5.75 Å². The zero-order chi connectivity index (χ0) is 9.84. The van der Waals surface area contributed by atoms with Gasteiger partial charge in [0, 0.05) is 46.5 Å². The van der Waals surface area contributed by atoms with E-state index in [2.05, 4.69) is 4.72 Å². The van der Waals surface area contributed by atoms with Crippen LogP contribution in [0.3, 0.4) is 0 Å². The van der Waals surface area contributed by atoms with Crippen molar-refractivity contribution in [3.05, 3.63) is 23.8 Å². The van der Waals surface area contributed by atoms with Crippen molar-refractivity contribution < 1.29 is 13.5 Å². The van der Waals surface area contributed by atoms with Crippen molar-refractivity contribution in [1.82, 2.24) is 0 Å². The third-order valence-corrected chi connectivity index (χ3v) is 2.01. The molecule has 0 aliphatic rings. The van der Waals surface area contributed by atoms with Gasteiger partial charge in [-0.25, -0.2) is 0 Å². The summed E-state index contributed by atoms with van der Waals surface area (Å²) in [6, 6.07) is 5.11. The van der Waals surface area contributed by atoms with Crippen LogP contribution in [0.2, 0.25) is 0 Å². The Bertz CT molecular complexity index is 332. The molecule has 1 aromatic rings. The second-order valence-corrected chi connectivity index (χ2v) is 3.19. The van der Waals surface area contributed by atoms with Crippen molar-refractivity contribution in [2.24, 2.45) is 0 Å². The molecule has 0 spiro atoms. The summed E-state index contributed by atoms with van der Waals surface area (Å²) in [6.07, 6.45) is 0. The Labute approximate surface area is 108 Å². The third kappa shape index (κ3) is 3.98. The summed E-state index contributed by atoms with van der Waals surface area (Å²) in [5.74, 6) is 0.708. The van der Waals surface area contributed by atoms with Crippen LogP contribution in [0.1, 0.15) is 5.56 Å². The second kappa shape index (κ2) is 6.42. The van der Waals surface area contributed by atoms with Gasteiger partial charge in [-0.1, -0.05) is 0 Å². The van der Waals surface area contributed by atoms with Gasteiger partial charge in [-0.2, -0.15) is 0 Å². The number of rotatable bonds is 3. The van der Waals surface area contributed by atoms with E-state index in [0.717, 1.165) is 5.56 Å². The summed E-state index contributed by atoms with van der Waals surface area (Å²) >= 11 is -2.28. The first kappa shape index (κ1) is 13.9. The maximum Gasteiger partial charge on any atom is 0.119 e. The fourth-order valence-electron chi connectivity index (χ4n) is 0.967. The average molecular weight is 223 g/mol. The van der Waals surface area contributed by atoms with Crippen molar-refractivity contribution >= 4 is 46.5 Å². The molecule has 14 heavy (non-hydrogen) atoms. The molecule has 0 fully saturated rings. The van der Waals surface area contributed by atoms with Crippen LogP contribution in [-0.2, 0) is 11.3 Å². The minimum absolute atomic E-state index is 0. The first-order valence-electron chi connectivity index (χ1n) is 3.64. The second-order valence-electron chi connectivity index (χ2n) is 2.52. The molecule has 1 atom stereocenters. The first-order valence-corrected chi connectivity index (χ1v) is 4.71. The van der Waals surface area contributed by atoms with Gasteiger partial charge in [-0.05, 0) is 30.7 Å². The van der Waals surface area contributed by atoms with Gasteiger partial charge >= 0.3 is 0 Å². The molecule has 1 radical (unpaired) electrons. The molecule has 0 aliphatic heterocycles. The summed E-state index contributed by atoms with van der Waals surface area (Å²) < 4.78 is 27.9. The number of hydrogen-bond donors (Lipinski definition) is 1. The molecule has 0 aliphatic carbocycles. The topological polar surface area (TPSA) is 61.4 Å². The van der Waals surface area contributed by atoms with E-state index in [4.69, 9.17) is 4.74 Å². The summed E-state index contributed by atoms with van der Waals surface area (Å²) in [5, 5.41) is 0. The zero-order valence-corrected chi connectivity index (χ0v) is 11.2. The van der Waals surface area contributed by atoms with Crippen LogP contribution in [0.4, 0.5) is 5.69 Å². The fraction of sp³-hybridized carbons (Fsp3) is 0.250. The predicted molar refractivity (Wildman–Crippen MR) is 56.0 cm³/mol. The van der Waals surface area contributed by atoms with E-state index in [-0.39, 0.29) is 29.6 Å². The number of nitrogens with one attached hydrogen (secondary N) is 1. The predicted octanol–water partition coefficient (Wildman–Crippen LogP) is 0.829. The van der Waals surface area contributed by atoms with Gasteiger partial charge in [0.2, 0.25) is 0 Å². The number of methoxy groups -OCH3 is 1. The van der Waals surface area contributed by atoms with E-state index in [1.54, 1.807) is 32.2 Å². The van der Waals surface area contributed by atoms with Crippen molar-refractivity contribution in [3.63, 3.8) is 0 Å². The molecular weight excluding hydrogens is 213 g/mol. The average Bonchev–Trinajstić information content (AvgIpc) is 2.08. The molecule has 1 unspecified atom stereocenters. The molecule has 0 saturated carbocycles. The zero-order valence-electron chi connectivity index (χ0n) is 8.37. The molecule has 1 aromatic carbocycles. The minimum atomic E-state index is -2.28. The number of hydrogen-bond acceptors (Lipinski definition) is 3. The van der Waals surface area contributed by atoms with Gasteiger partial charge in [-0.3, -0.25) is 4.21 Å². The van der Waals surface area contributed by atoms with Crippen LogP contribution >= 0.6 is 0 Å². The number of ether oxygens (including phenoxy) is 1.